The molecule has 1 aromatic carbocycles. The monoisotopic (exact) mass is 352 g/mol. The predicted octanol–water partition coefficient (Wildman–Crippen LogP) is 3.37. The number of carbonyl (C=O) groups excluding carboxylic acids is 2. The van der Waals surface area contributed by atoms with Crippen molar-refractivity contribution in [2.75, 3.05) is 24.6 Å². The maximum Gasteiger partial charge on any atom is 0.410 e. The van der Waals surface area contributed by atoms with Crippen molar-refractivity contribution < 1.29 is 23.1 Å². The third-order valence-corrected chi connectivity index (χ3v) is 4.91. The van der Waals surface area contributed by atoms with Crippen LogP contribution in [0, 0.1) is 11.6 Å². The molecule has 2 atom stereocenters. The summed E-state index contributed by atoms with van der Waals surface area (Å²) in [4.78, 5) is 27.0. The number of unbranched alkanes of at least 4 members (excludes halogenated alkanes) is 1. The summed E-state index contributed by atoms with van der Waals surface area (Å²) < 4.78 is 33.4. The fourth-order valence-corrected chi connectivity index (χ4v) is 3.66. The highest BCUT2D eigenvalue weighted by Crippen LogP contribution is 2.36. The molecule has 2 heterocycles. The van der Waals surface area contributed by atoms with Crippen LogP contribution in [0.25, 0.3) is 0 Å². The molecular formula is C18H22F2N2O3. The molecule has 0 spiro atoms. The van der Waals surface area contributed by atoms with Crippen LogP contribution in [0.1, 0.15) is 43.5 Å². The second kappa shape index (κ2) is 6.98. The van der Waals surface area contributed by atoms with E-state index in [9.17, 15) is 18.4 Å². The van der Waals surface area contributed by atoms with Crippen molar-refractivity contribution >= 4 is 17.6 Å². The topological polar surface area (TPSA) is 49.9 Å². The molecule has 2 saturated heterocycles. The Morgan fingerprint density at radius 1 is 1.20 bits per heavy atom. The molecule has 1 aromatic rings. The Hall–Kier alpha value is -2.18. The first-order valence-electron chi connectivity index (χ1n) is 8.62. The van der Waals surface area contributed by atoms with Gasteiger partial charge in [-0.1, -0.05) is 13.3 Å². The number of Topliss-reactive ketones (excluding diaryl/α,β-unsaturated/α-hetero) is 1. The summed E-state index contributed by atoms with van der Waals surface area (Å²) >= 11 is 0. The number of hydrogen-bond donors (Lipinski definition) is 0. The number of ether oxygens (including phenoxy) is 1. The van der Waals surface area contributed by atoms with Crippen LogP contribution in [-0.2, 0) is 4.74 Å². The molecule has 0 aromatic heterocycles. The Kier molecular flexibility index (Phi) is 4.92. The Morgan fingerprint density at radius 2 is 1.88 bits per heavy atom. The van der Waals surface area contributed by atoms with Gasteiger partial charge in [0.15, 0.2) is 5.78 Å². The molecule has 2 bridgehead atoms. The largest absolute Gasteiger partial charge is 0.449 e. The molecule has 7 heteroatoms. The van der Waals surface area contributed by atoms with Crippen molar-refractivity contribution in [3.63, 3.8) is 0 Å². The summed E-state index contributed by atoms with van der Waals surface area (Å²) in [6.45, 7) is 4.56. The van der Waals surface area contributed by atoms with Crippen molar-refractivity contribution in [2.45, 2.75) is 45.2 Å². The van der Waals surface area contributed by atoms with Crippen LogP contribution in [-0.4, -0.2) is 48.6 Å². The Balaban J connectivity index is 1.69. The third-order valence-electron chi connectivity index (χ3n) is 4.91. The van der Waals surface area contributed by atoms with Gasteiger partial charge in [-0.15, -0.1) is 0 Å². The van der Waals surface area contributed by atoms with Gasteiger partial charge in [0.25, 0.3) is 0 Å². The molecule has 1 amide bonds. The van der Waals surface area contributed by atoms with Crippen LogP contribution in [0.15, 0.2) is 12.1 Å². The van der Waals surface area contributed by atoms with Gasteiger partial charge in [-0.25, -0.2) is 13.6 Å². The summed E-state index contributed by atoms with van der Waals surface area (Å²) in [5.74, 6) is -2.33. The van der Waals surface area contributed by atoms with Gasteiger partial charge in [0.1, 0.15) is 11.6 Å². The maximum atomic E-state index is 14.1. The molecule has 2 fully saturated rings. The van der Waals surface area contributed by atoms with Crippen LogP contribution >= 0.6 is 0 Å². The first kappa shape index (κ1) is 17.6. The third kappa shape index (κ3) is 3.32. The summed E-state index contributed by atoms with van der Waals surface area (Å²) in [6.07, 6.45) is 2.23. The molecule has 0 N–H and O–H groups in total. The van der Waals surface area contributed by atoms with E-state index in [4.69, 9.17) is 4.74 Å². The molecule has 2 unspecified atom stereocenters. The number of ketones is 1. The van der Waals surface area contributed by atoms with Crippen molar-refractivity contribution in [3.05, 3.63) is 29.3 Å². The lowest BCUT2D eigenvalue weighted by atomic mass is 10.1. The van der Waals surface area contributed by atoms with E-state index in [0.29, 0.717) is 25.4 Å². The average Bonchev–Trinajstić information content (AvgIpc) is 3.14. The van der Waals surface area contributed by atoms with Gasteiger partial charge in [0.2, 0.25) is 0 Å². The number of fused-ring (bicyclic) bond motifs is 2. The summed E-state index contributed by atoms with van der Waals surface area (Å²) in [7, 11) is 0. The smallest absolute Gasteiger partial charge is 0.410 e. The lowest BCUT2D eigenvalue weighted by Crippen LogP contribution is -2.49. The van der Waals surface area contributed by atoms with E-state index in [1.165, 1.54) is 12.1 Å². The molecule has 3 rings (SSSR count). The number of hydrogen-bond acceptors (Lipinski definition) is 4. The zero-order valence-corrected chi connectivity index (χ0v) is 14.4. The molecule has 25 heavy (non-hydrogen) atoms. The molecule has 0 aliphatic carbocycles. The van der Waals surface area contributed by atoms with E-state index in [-0.39, 0.29) is 18.2 Å². The molecule has 5 nitrogen and oxygen atoms in total. The fraction of sp³-hybridized carbons (Fsp3) is 0.556. The van der Waals surface area contributed by atoms with Crippen LogP contribution in [0.2, 0.25) is 0 Å². The minimum atomic E-state index is -0.846. The quantitative estimate of drug-likeness (QED) is 0.602. The number of anilines is 1. The molecule has 136 valence electrons. The number of carbonyl (C=O) groups is 2. The second-order valence-corrected chi connectivity index (χ2v) is 6.66. The van der Waals surface area contributed by atoms with Crippen molar-refractivity contribution in [1.29, 1.82) is 0 Å². The van der Waals surface area contributed by atoms with Crippen molar-refractivity contribution in [3.8, 4) is 0 Å². The SMILES string of the molecule is CCCCOC(=O)N1CC2CC1CN2c1cc(F)c(C(C)=O)c(F)c1. The Labute approximate surface area is 145 Å². The summed E-state index contributed by atoms with van der Waals surface area (Å²) in [5.41, 5.74) is -0.0965. The van der Waals surface area contributed by atoms with E-state index in [1.54, 1.807) is 4.90 Å². The summed E-state index contributed by atoms with van der Waals surface area (Å²) in [6, 6.07) is 2.39. The zero-order valence-electron chi connectivity index (χ0n) is 14.4. The maximum absolute atomic E-state index is 14.1. The molecule has 0 saturated carbocycles. The number of halogens is 2. The number of amides is 1. The van der Waals surface area contributed by atoms with E-state index in [1.807, 2.05) is 11.8 Å². The second-order valence-electron chi connectivity index (χ2n) is 6.66. The van der Waals surface area contributed by atoms with Gasteiger partial charge in [0, 0.05) is 24.8 Å². The number of likely N-dealkylation sites (tertiary alicyclic amines) is 1. The molecule has 2 aliphatic rings. The van der Waals surface area contributed by atoms with Gasteiger partial charge < -0.3 is 14.5 Å². The highest BCUT2D eigenvalue weighted by atomic mass is 19.1. The molecular weight excluding hydrogens is 330 g/mol. The Morgan fingerprint density at radius 3 is 2.40 bits per heavy atom. The molecule has 2 aliphatic heterocycles. The highest BCUT2D eigenvalue weighted by molar-refractivity contribution is 5.95. The lowest BCUT2D eigenvalue weighted by Gasteiger charge is -2.35. The number of rotatable bonds is 5. The number of piperazine rings is 1. The highest BCUT2D eigenvalue weighted by Gasteiger charge is 2.46. The van der Waals surface area contributed by atoms with Crippen LogP contribution < -0.4 is 4.90 Å². The van der Waals surface area contributed by atoms with E-state index in [0.717, 1.165) is 26.2 Å². The van der Waals surface area contributed by atoms with Gasteiger partial charge in [-0.2, -0.15) is 0 Å². The number of nitrogens with zero attached hydrogens (tertiary/aromatic N) is 2. The van der Waals surface area contributed by atoms with Crippen LogP contribution in [0.3, 0.4) is 0 Å². The number of benzene rings is 1. The standard InChI is InChI=1S/C18H22F2N2O3/c1-3-4-5-25-18(24)22-10-13-6-14(22)9-21(13)12-7-15(19)17(11(2)23)16(20)8-12/h7-8,13-14H,3-6,9-10H2,1-2H3. The normalized spacial score (nSPS) is 21.8. The van der Waals surface area contributed by atoms with E-state index < -0.39 is 23.0 Å². The molecule has 0 radical (unpaired) electrons. The van der Waals surface area contributed by atoms with Crippen molar-refractivity contribution in [1.82, 2.24) is 4.90 Å². The minimum absolute atomic E-state index is 0.00528. The van der Waals surface area contributed by atoms with Crippen LogP contribution in [0.5, 0.6) is 0 Å². The summed E-state index contributed by atoms with van der Waals surface area (Å²) in [5, 5.41) is 0. The van der Waals surface area contributed by atoms with Crippen LogP contribution in [0.4, 0.5) is 19.3 Å². The lowest BCUT2D eigenvalue weighted by molar-refractivity contribution is 0.0944. The van der Waals surface area contributed by atoms with Gasteiger partial charge in [-0.3, -0.25) is 4.79 Å². The minimum Gasteiger partial charge on any atom is -0.449 e. The van der Waals surface area contributed by atoms with E-state index >= 15 is 0 Å². The first-order chi connectivity index (χ1) is 11.9. The Bertz CT molecular complexity index is 672. The van der Waals surface area contributed by atoms with E-state index in [2.05, 4.69) is 0 Å². The fourth-order valence-electron chi connectivity index (χ4n) is 3.66. The van der Waals surface area contributed by atoms with Gasteiger partial charge >= 0.3 is 6.09 Å². The van der Waals surface area contributed by atoms with Gasteiger partial charge in [0.05, 0.1) is 18.2 Å². The zero-order chi connectivity index (χ0) is 18.1. The predicted molar refractivity (Wildman–Crippen MR) is 88.9 cm³/mol. The first-order valence-corrected chi connectivity index (χ1v) is 8.62. The van der Waals surface area contributed by atoms with Crippen molar-refractivity contribution in [2.24, 2.45) is 0 Å². The average molecular weight is 352 g/mol. The van der Waals surface area contributed by atoms with Gasteiger partial charge in [-0.05, 0) is 31.9 Å².